The van der Waals surface area contributed by atoms with Crippen molar-refractivity contribution >= 4 is 0 Å². The van der Waals surface area contributed by atoms with Gasteiger partial charge >= 0.3 is 0 Å². The van der Waals surface area contributed by atoms with Crippen LogP contribution in [0.5, 0.6) is 5.75 Å². The van der Waals surface area contributed by atoms with Gasteiger partial charge in [-0.2, -0.15) is 0 Å². The molecule has 0 fully saturated rings. The van der Waals surface area contributed by atoms with Crippen molar-refractivity contribution in [1.29, 1.82) is 0 Å². The SMILES string of the molecule is CCCn1cncc1COc1ccccc1C(C)NC. The summed E-state index contributed by atoms with van der Waals surface area (Å²) in [5.41, 5.74) is 2.29. The molecular formula is C16H23N3O. The number of imidazole rings is 1. The van der Waals surface area contributed by atoms with E-state index in [1.54, 1.807) is 0 Å². The van der Waals surface area contributed by atoms with Gasteiger partial charge < -0.3 is 14.6 Å². The maximum absolute atomic E-state index is 5.99. The minimum absolute atomic E-state index is 0.270. The summed E-state index contributed by atoms with van der Waals surface area (Å²) >= 11 is 0. The normalized spacial score (nSPS) is 12.3. The van der Waals surface area contributed by atoms with E-state index in [-0.39, 0.29) is 6.04 Å². The predicted octanol–water partition coefficient (Wildman–Crippen LogP) is 3.15. The topological polar surface area (TPSA) is 39.1 Å². The molecule has 2 rings (SSSR count). The lowest BCUT2D eigenvalue weighted by molar-refractivity contribution is 0.289. The lowest BCUT2D eigenvalue weighted by atomic mass is 10.1. The summed E-state index contributed by atoms with van der Waals surface area (Å²) in [6.07, 6.45) is 4.83. The summed E-state index contributed by atoms with van der Waals surface area (Å²) in [5.74, 6) is 0.929. The highest BCUT2D eigenvalue weighted by atomic mass is 16.5. The molecule has 1 aromatic carbocycles. The predicted molar refractivity (Wildman–Crippen MR) is 80.8 cm³/mol. The first-order valence-electron chi connectivity index (χ1n) is 7.14. The third-order valence-corrected chi connectivity index (χ3v) is 3.46. The van der Waals surface area contributed by atoms with Gasteiger partial charge in [0.25, 0.3) is 0 Å². The Hall–Kier alpha value is -1.81. The minimum atomic E-state index is 0.270. The molecule has 1 heterocycles. The lowest BCUT2D eigenvalue weighted by Gasteiger charge is -2.16. The smallest absolute Gasteiger partial charge is 0.130 e. The molecule has 0 aliphatic carbocycles. The zero-order chi connectivity index (χ0) is 14.4. The largest absolute Gasteiger partial charge is 0.487 e. The van der Waals surface area contributed by atoms with Crippen molar-refractivity contribution in [3.05, 3.63) is 48.0 Å². The van der Waals surface area contributed by atoms with E-state index in [1.807, 2.05) is 37.8 Å². The number of nitrogens with one attached hydrogen (secondary N) is 1. The van der Waals surface area contributed by atoms with Crippen molar-refractivity contribution in [3.8, 4) is 5.75 Å². The van der Waals surface area contributed by atoms with E-state index in [2.05, 4.69) is 34.8 Å². The van der Waals surface area contributed by atoms with Crippen LogP contribution < -0.4 is 10.1 Å². The number of hydrogen-bond acceptors (Lipinski definition) is 3. The lowest BCUT2D eigenvalue weighted by Crippen LogP contribution is -2.14. The van der Waals surface area contributed by atoms with E-state index in [1.165, 1.54) is 5.56 Å². The number of hydrogen-bond donors (Lipinski definition) is 1. The Morgan fingerprint density at radius 2 is 2.15 bits per heavy atom. The molecule has 2 aromatic rings. The van der Waals surface area contributed by atoms with Gasteiger partial charge in [0.1, 0.15) is 12.4 Å². The molecule has 108 valence electrons. The zero-order valence-electron chi connectivity index (χ0n) is 12.5. The molecular weight excluding hydrogens is 250 g/mol. The molecule has 4 heteroatoms. The summed E-state index contributed by atoms with van der Waals surface area (Å²) < 4.78 is 8.13. The van der Waals surface area contributed by atoms with E-state index in [4.69, 9.17) is 4.74 Å². The minimum Gasteiger partial charge on any atom is -0.487 e. The van der Waals surface area contributed by atoms with E-state index < -0.39 is 0 Å². The first-order valence-corrected chi connectivity index (χ1v) is 7.14. The Bertz CT molecular complexity index is 536. The molecule has 0 aliphatic heterocycles. The molecule has 0 saturated heterocycles. The maximum Gasteiger partial charge on any atom is 0.130 e. The molecule has 0 bridgehead atoms. The number of ether oxygens (including phenoxy) is 1. The van der Waals surface area contributed by atoms with Crippen molar-refractivity contribution in [2.75, 3.05) is 7.05 Å². The number of para-hydroxylation sites is 1. The molecule has 1 aromatic heterocycles. The highest BCUT2D eigenvalue weighted by molar-refractivity contribution is 5.35. The molecule has 20 heavy (non-hydrogen) atoms. The van der Waals surface area contributed by atoms with Crippen molar-refractivity contribution in [1.82, 2.24) is 14.9 Å². The summed E-state index contributed by atoms with van der Waals surface area (Å²) in [5, 5.41) is 3.25. The Kier molecular flexibility index (Phi) is 5.18. The first-order chi connectivity index (χ1) is 9.76. The Balaban J connectivity index is 2.09. The number of benzene rings is 1. The van der Waals surface area contributed by atoms with E-state index in [9.17, 15) is 0 Å². The fourth-order valence-corrected chi connectivity index (χ4v) is 2.19. The highest BCUT2D eigenvalue weighted by Gasteiger charge is 2.10. The Morgan fingerprint density at radius 3 is 2.90 bits per heavy atom. The third-order valence-electron chi connectivity index (χ3n) is 3.46. The van der Waals surface area contributed by atoms with Crippen LogP contribution in [0.4, 0.5) is 0 Å². The van der Waals surface area contributed by atoms with Crippen molar-refractivity contribution in [2.24, 2.45) is 0 Å². The summed E-state index contributed by atoms with van der Waals surface area (Å²) in [4.78, 5) is 4.20. The van der Waals surface area contributed by atoms with Crippen LogP contribution in [0.25, 0.3) is 0 Å². The standard InChI is InChI=1S/C16H23N3O/c1-4-9-19-12-18-10-14(19)11-20-16-8-6-5-7-15(16)13(2)17-3/h5-8,10,12-13,17H,4,9,11H2,1-3H3. The maximum atomic E-state index is 5.99. The molecule has 4 nitrogen and oxygen atoms in total. The van der Waals surface area contributed by atoms with E-state index in [0.29, 0.717) is 6.61 Å². The average Bonchev–Trinajstić information content (AvgIpc) is 2.92. The number of nitrogens with zero attached hydrogens (tertiary/aromatic N) is 2. The van der Waals surface area contributed by atoms with E-state index >= 15 is 0 Å². The van der Waals surface area contributed by atoms with Crippen LogP contribution in [-0.2, 0) is 13.2 Å². The molecule has 0 radical (unpaired) electrons. The summed E-state index contributed by atoms with van der Waals surface area (Å²) in [7, 11) is 1.96. The fourth-order valence-electron chi connectivity index (χ4n) is 2.19. The second-order valence-electron chi connectivity index (χ2n) is 4.92. The van der Waals surface area contributed by atoms with Gasteiger partial charge in [0, 0.05) is 18.2 Å². The molecule has 1 atom stereocenters. The van der Waals surface area contributed by atoms with Crippen molar-refractivity contribution < 1.29 is 4.74 Å². The number of aromatic nitrogens is 2. The highest BCUT2D eigenvalue weighted by Crippen LogP contribution is 2.25. The van der Waals surface area contributed by atoms with Crippen LogP contribution in [0, 0.1) is 0 Å². The third kappa shape index (κ3) is 3.39. The molecule has 0 aliphatic rings. The summed E-state index contributed by atoms with van der Waals surface area (Å²) in [6.45, 7) is 5.82. The van der Waals surface area contributed by atoms with Gasteiger partial charge in [-0.25, -0.2) is 4.98 Å². The molecule has 0 amide bonds. The van der Waals surface area contributed by atoms with Crippen LogP contribution in [-0.4, -0.2) is 16.6 Å². The van der Waals surface area contributed by atoms with Crippen molar-refractivity contribution in [3.63, 3.8) is 0 Å². The molecule has 0 spiro atoms. The molecule has 1 unspecified atom stereocenters. The van der Waals surface area contributed by atoms with Crippen LogP contribution in [0.3, 0.4) is 0 Å². The summed E-state index contributed by atoms with van der Waals surface area (Å²) in [6, 6.07) is 8.43. The monoisotopic (exact) mass is 273 g/mol. The zero-order valence-corrected chi connectivity index (χ0v) is 12.5. The van der Waals surface area contributed by atoms with Gasteiger partial charge in [-0.3, -0.25) is 0 Å². The van der Waals surface area contributed by atoms with Crippen LogP contribution in [0.1, 0.15) is 37.6 Å². The van der Waals surface area contributed by atoms with Gasteiger partial charge in [-0.15, -0.1) is 0 Å². The Labute approximate surface area is 120 Å². The molecule has 0 saturated carbocycles. The fraction of sp³-hybridized carbons (Fsp3) is 0.438. The molecule has 1 N–H and O–H groups in total. The van der Waals surface area contributed by atoms with Crippen LogP contribution >= 0.6 is 0 Å². The first kappa shape index (κ1) is 14.6. The number of aryl methyl sites for hydroxylation is 1. The van der Waals surface area contributed by atoms with Gasteiger partial charge in [0.2, 0.25) is 0 Å². The average molecular weight is 273 g/mol. The van der Waals surface area contributed by atoms with Gasteiger partial charge in [-0.1, -0.05) is 25.1 Å². The van der Waals surface area contributed by atoms with Gasteiger partial charge in [-0.05, 0) is 26.5 Å². The number of rotatable bonds is 7. The van der Waals surface area contributed by atoms with Crippen LogP contribution in [0.15, 0.2) is 36.8 Å². The quantitative estimate of drug-likeness (QED) is 0.842. The second-order valence-corrected chi connectivity index (χ2v) is 4.92. The van der Waals surface area contributed by atoms with Gasteiger partial charge in [0.05, 0.1) is 18.2 Å². The Morgan fingerprint density at radius 1 is 1.35 bits per heavy atom. The van der Waals surface area contributed by atoms with Gasteiger partial charge in [0.15, 0.2) is 0 Å². The van der Waals surface area contributed by atoms with E-state index in [0.717, 1.165) is 24.4 Å². The van der Waals surface area contributed by atoms with Crippen molar-refractivity contribution in [2.45, 2.75) is 39.5 Å². The van der Waals surface area contributed by atoms with Crippen LogP contribution in [0.2, 0.25) is 0 Å². The second kappa shape index (κ2) is 7.10.